The molecule has 0 radical (unpaired) electrons. The summed E-state index contributed by atoms with van der Waals surface area (Å²) in [5.41, 5.74) is 12.5. The standard InChI is InChI=1S/C23H31N/c1-19-14-15-20(2)23(17-19)13-6-4-3-5-9-21-10-7-11-22(18-21)12-8-16-24/h6-7,10-11,13-15,17-18H,3-5,8-9,12,16,24H2,1-2H3/b13-6+. The predicted molar refractivity (Wildman–Crippen MR) is 106 cm³/mol. The van der Waals surface area contributed by atoms with E-state index in [2.05, 4.69) is 68.5 Å². The van der Waals surface area contributed by atoms with Crippen LogP contribution in [0.15, 0.2) is 48.5 Å². The molecule has 0 aliphatic carbocycles. The molecule has 0 saturated carbocycles. The van der Waals surface area contributed by atoms with Gasteiger partial charge in [0.15, 0.2) is 0 Å². The van der Waals surface area contributed by atoms with Crippen LogP contribution in [0.3, 0.4) is 0 Å². The van der Waals surface area contributed by atoms with Gasteiger partial charge in [0.1, 0.15) is 0 Å². The van der Waals surface area contributed by atoms with Gasteiger partial charge in [-0.2, -0.15) is 0 Å². The van der Waals surface area contributed by atoms with Crippen LogP contribution in [-0.2, 0) is 12.8 Å². The van der Waals surface area contributed by atoms with Gasteiger partial charge in [-0.05, 0) is 81.2 Å². The molecule has 0 heterocycles. The highest BCUT2D eigenvalue weighted by Gasteiger charge is 1.97. The minimum Gasteiger partial charge on any atom is -0.330 e. The van der Waals surface area contributed by atoms with E-state index in [4.69, 9.17) is 5.73 Å². The second kappa shape index (κ2) is 10.1. The molecule has 0 spiro atoms. The zero-order valence-corrected chi connectivity index (χ0v) is 15.2. The maximum atomic E-state index is 5.59. The van der Waals surface area contributed by atoms with E-state index in [-0.39, 0.29) is 0 Å². The number of benzene rings is 2. The molecule has 2 rings (SSSR count). The molecule has 0 fully saturated rings. The third-order valence-electron chi connectivity index (χ3n) is 4.48. The molecule has 1 heteroatoms. The van der Waals surface area contributed by atoms with E-state index in [1.165, 1.54) is 47.1 Å². The molecule has 0 aliphatic rings. The fraction of sp³-hybridized carbons (Fsp3) is 0.391. The van der Waals surface area contributed by atoms with Crippen molar-refractivity contribution in [3.05, 3.63) is 76.4 Å². The molecular weight excluding hydrogens is 290 g/mol. The molecule has 0 unspecified atom stereocenters. The average Bonchev–Trinajstić information content (AvgIpc) is 2.59. The largest absolute Gasteiger partial charge is 0.330 e. The molecule has 0 amide bonds. The van der Waals surface area contributed by atoms with E-state index >= 15 is 0 Å². The van der Waals surface area contributed by atoms with Crippen LogP contribution in [0.5, 0.6) is 0 Å². The average molecular weight is 322 g/mol. The predicted octanol–water partition coefficient (Wildman–Crippen LogP) is 5.62. The van der Waals surface area contributed by atoms with Gasteiger partial charge in [-0.25, -0.2) is 0 Å². The third-order valence-corrected chi connectivity index (χ3v) is 4.48. The molecule has 24 heavy (non-hydrogen) atoms. The molecule has 2 N–H and O–H groups in total. The monoisotopic (exact) mass is 321 g/mol. The molecule has 0 atom stereocenters. The SMILES string of the molecule is Cc1ccc(C)c(/C=C/CCCCc2cccc(CCCN)c2)c1. The second-order valence-corrected chi connectivity index (χ2v) is 6.72. The Hall–Kier alpha value is -1.86. The quantitative estimate of drug-likeness (QED) is 0.596. The molecule has 0 bridgehead atoms. The molecular formula is C23H31N. The second-order valence-electron chi connectivity index (χ2n) is 6.72. The lowest BCUT2D eigenvalue weighted by atomic mass is 10.0. The summed E-state index contributed by atoms with van der Waals surface area (Å²) in [5, 5.41) is 0. The Bertz CT molecular complexity index is 655. The van der Waals surface area contributed by atoms with E-state index in [1.54, 1.807) is 0 Å². The van der Waals surface area contributed by atoms with Crippen molar-refractivity contribution in [2.24, 2.45) is 5.73 Å². The number of rotatable bonds is 9. The first kappa shape index (κ1) is 18.5. The van der Waals surface area contributed by atoms with Crippen LogP contribution in [0.1, 0.15) is 53.5 Å². The Morgan fingerprint density at radius 2 is 1.62 bits per heavy atom. The van der Waals surface area contributed by atoms with Crippen LogP contribution in [-0.4, -0.2) is 6.54 Å². The summed E-state index contributed by atoms with van der Waals surface area (Å²) in [4.78, 5) is 0. The van der Waals surface area contributed by atoms with E-state index in [0.717, 1.165) is 25.8 Å². The third kappa shape index (κ3) is 6.33. The van der Waals surface area contributed by atoms with Gasteiger partial charge in [0.2, 0.25) is 0 Å². The van der Waals surface area contributed by atoms with Crippen LogP contribution in [0, 0.1) is 13.8 Å². The normalized spacial score (nSPS) is 11.3. The van der Waals surface area contributed by atoms with Crippen LogP contribution in [0.4, 0.5) is 0 Å². The lowest BCUT2D eigenvalue weighted by Gasteiger charge is -2.05. The number of hydrogen-bond donors (Lipinski definition) is 1. The summed E-state index contributed by atoms with van der Waals surface area (Å²) >= 11 is 0. The summed E-state index contributed by atoms with van der Waals surface area (Å²) in [6, 6.07) is 15.6. The zero-order valence-electron chi connectivity index (χ0n) is 15.2. The van der Waals surface area contributed by atoms with Gasteiger partial charge in [-0.3, -0.25) is 0 Å². The molecule has 0 saturated heterocycles. The highest BCUT2D eigenvalue weighted by molar-refractivity contribution is 5.54. The maximum absolute atomic E-state index is 5.59. The molecule has 0 aliphatic heterocycles. The Kier molecular flexibility index (Phi) is 7.77. The number of aryl methyl sites for hydroxylation is 4. The molecule has 2 aromatic rings. The number of hydrogen-bond acceptors (Lipinski definition) is 1. The lowest BCUT2D eigenvalue weighted by molar-refractivity contribution is 0.746. The van der Waals surface area contributed by atoms with E-state index in [1.807, 2.05) is 0 Å². The highest BCUT2D eigenvalue weighted by Crippen LogP contribution is 2.14. The van der Waals surface area contributed by atoms with Gasteiger partial charge in [0, 0.05) is 0 Å². The first-order valence-electron chi connectivity index (χ1n) is 9.21. The van der Waals surface area contributed by atoms with Gasteiger partial charge in [-0.1, -0.05) is 60.2 Å². The van der Waals surface area contributed by atoms with Crippen molar-refractivity contribution in [2.45, 2.75) is 52.4 Å². The fourth-order valence-electron chi connectivity index (χ4n) is 2.99. The van der Waals surface area contributed by atoms with Gasteiger partial charge < -0.3 is 5.73 Å². The number of unbranched alkanes of at least 4 members (excludes halogenated alkanes) is 2. The summed E-state index contributed by atoms with van der Waals surface area (Å²) in [5.74, 6) is 0. The van der Waals surface area contributed by atoms with E-state index in [0.29, 0.717) is 0 Å². The van der Waals surface area contributed by atoms with Crippen molar-refractivity contribution in [1.29, 1.82) is 0 Å². The van der Waals surface area contributed by atoms with Crippen molar-refractivity contribution >= 4 is 6.08 Å². The van der Waals surface area contributed by atoms with Crippen LogP contribution >= 0.6 is 0 Å². The Labute approximate surface area is 147 Å². The van der Waals surface area contributed by atoms with Gasteiger partial charge in [0.25, 0.3) is 0 Å². The highest BCUT2D eigenvalue weighted by atomic mass is 14.5. The lowest BCUT2D eigenvalue weighted by Crippen LogP contribution is -2.00. The first-order chi connectivity index (χ1) is 11.7. The minimum atomic E-state index is 0.775. The molecule has 2 aromatic carbocycles. The first-order valence-corrected chi connectivity index (χ1v) is 9.21. The Morgan fingerprint density at radius 3 is 2.38 bits per heavy atom. The van der Waals surface area contributed by atoms with Crippen molar-refractivity contribution in [2.75, 3.05) is 6.54 Å². The molecule has 1 nitrogen and oxygen atoms in total. The van der Waals surface area contributed by atoms with Crippen LogP contribution in [0.25, 0.3) is 6.08 Å². The van der Waals surface area contributed by atoms with E-state index < -0.39 is 0 Å². The van der Waals surface area contributed by atoms with Gasteiger partial charge >= 0.3 is 0 Å². The van der Waals surface area contributed by atoms with Crippen LogP contribution < -0.4 is 5.73 Å². The van der Waals surface area contributed by atoms with Crippen molar-refractivity contribution in [3.63, 3.8) is 0 Å². The van der Waals surface area contributed by atoms with Gasteiger partial charge in [-0.15, -0.1) is 0 Å². The van der Waals surface area contributed by atoms with E-state index in [9.17, 15) is 0 Å². The Balaban J connectivity index is 1.73. The minimum absolute atomic E-state index is 0.775. The van der Waals surface area contributed by atoms with Crippen molar-refractivity contribution < 1.29 is 0 Å². The maximum Gasteiger partial charge on any atom is -0.00741 e. The summed E-state index contributed by atoms with van der Waals surface area (Å²) in [7, 11) is 0. The molecule has 128 valence electrons. The van der Waals surface area contributed by atoms with Crippen molar-refractivity contribution in [1.82, 2.24) is 0 Å². The van der Waals surface area contributed by atoms with Crippen molar-refractivity contribution in [3.8, 4) is 0 Å². The van der Waals surface area contributed by atoms with Gasteiger partial charge in [0.05, 0.1) is 0 Å². The molecule has 0 aromatic heterocycles. The topological polar surface area (TPSA) is 26.0 Å². The van der Waals surface area contributed by atoms with Crippen LogP contribution in [0.2, 0.25) is 0 Å². The summed E-state index contributed by atoms with van der Waals surface area (Å²) < 4.78 is 0. The summed E-state index contributed by atoms with van der Waals surface area (Å²) in [6.07, 6.45) is 11.6. The Morgan fingerprint density at radius 1 is 0.875 bits per heavy atom. The smallest absolute Gasteiger partial charge is 0.00741 e. The number of nitrogens with two attached hydrogens (primary N) is 1. The number of allylic oxidation sites excluding steroid dienone is 1. The zero-order chi connectivity index (χ0) is 17.2. The fourth-order valence-corrected chi connectivity index (χ4v) is 2.99. The summed E-state index contributed by atoms with van der Waals surface area (Å²) in [6.45, 7) is 5.10.